The fourth-order valence-corrected chi connectivity index (χ4v) is 1.87. The smallest absolute Gasteiger partial charge is 0.125 e. The molecule has 1 saturated heterocycles. The van der Waals surface area contributed by atoms with E-state index in [-0.39, 0.29) is 18.4 Å². The van der Waals surface area contributed by atoms with E-state index in [2.05, 4.69) is 5.32 Å². The summed E-state index contributed by atoms with van der Waals surface area (Å²) in [6.07, 6.45) is 0.999. The molecule has 1 aromatic carbocycles. The highest BCUT2D eigenvalue weighted by Gasteiger charge is 2.23. The molecule has 1 fully saturated rings. The Hall–Kier alpha value is -0.770. The van der Waals surface area contributed by atoms with Crippen molar-refractivity contribution in [3.8, 4) is 5.75 Å². The molecule has 2 rings (SSSR count). The lowest BCUT2D eigenvalue weighted by molar-refractivity contribution is 0.273. The number of halogens is 1. The van der Waals surface area contributed by atoms with Gasteiger partial charge in [-0.1, -0.05) is 11.6 Å². The van der Waals surface area contributed by atoms with Crippen molar-refractivity contribution < 1.29 is 10.2 Å². The van der Waals surface area contributed by atoms with Gasteiger partial charge in [0.1, 0.15) is 5.75 Å². The molecule has 1 atom stereocenters. The molecule has 0 aromatic heterocycles. The molecule has 76 valence electrons. The van der Waals surface area contributed by atoms with Gasteiger partial charge in [-0.2, -0.15) is 0 Å². The molecule has 1 aromatic rings. The summed E-state index contributed by atoms with van der Waals surface area (Å²) in [5.74, 6) is 0.161. The van der Waals surface area contributed by atoms with Crippen molar-refractivity contribution in [1.29, 1.82) is 0 Å². The van der Waals surface area contributed by atoms with Gasteiger partial charge in [-0.05, 0) is 25.1 Å². The fraction of sp³-hybridized carbons (Fsp3) is 0.400. The second kappa shape index (κ2) is 3.77. The first kappa shape index (κ1) is 9.77. The van der Waals surface area contributed by atoms with Crippen LogP contribution >= 0.6 is 11.6 Å². The van der Waals surface area contributed by atoms with E-state index in [4.69, 9.17) is 16.7 Å². The van der Waals surface area contributed by atoms with Crippen LogP contribution in [0.2, 0.25) is 5.02 Å². The number of aromatic hydroxyl groups is 1. The topological polar surface area (TPSA) is 52.5 Å². The first-order valence-electron chi connectivity index (χ1n) is 4.58. The van der Waals surface area contributed by atoms with E-state index in [1.54, 1.807) is 12.1 Å². The van der Waals surface area contributed by atoms with Crippen molar-refractivity contribution in [2.24, 2.45) is 0 Å². The maximum atomic E-state index is 9.79. The molecule has 0 bridgehead atoms. The predicted molar refractivity (Wildman–Crippen MR) is 54.4 cm³/mol. The van der Waals surface area contributed by atoms with Crippen LogP contribution in [0.25, 0.3) is 0 Å². The normalized spacial score (nSPS) is 20.6. The summed E-state index contributed by atoms with van der Waals surface area (Å²) in [6, 6.07) is 3.50. The summed E-state index contributed by atoms with van der Waals surface area (Å²) in [5, 5.41) is 22.5. The van der Waals surface area contributed by atoms with Crippen LogP contribution in [0, 0.1) is 0 Å². The van der Waals surface area contributed by atoms with Gasteiger partial charge in [-0.3, -0.25) is 0 Å². The van der Waals surface area contributed by atoms with E-state index in [1.807, 2.05) is 0 Å². The Kier molecular flexibility index (Phi) is 2.63. The van der Waals surface area contributed by atoms with Crippen LogP contribution in [0.1, 0.15) is 23.6 Å². The lowest BCUT2D eigenvalue weighted by Gasteiger charge is -2.29. The summed E-state index contributed by atoms with van der Waals surface area (Å²) in [5.41, 5.74) is 1.27. The van der Waals surface area contributed by atoms with Crippen LogP contribution < -0.4 is 5.32 Å². The lowest BCUT2D eigenvalue weighted by Crippen LogP contribution is -2.35. The summed E-state index contributed by atoms with van der Waals surface area (Å²) in [6.45, 7) is 0.775. The Balaban J connectivity index is 2.41. The molecular weight excluding hydrogens is 202 g/mol. The number of aliphatic hydroxyl groups excluding tert-OH is 1. The molecule has 1 aliphatic rings. The highest BCUT2D eigenvalue weighted by atomic mass is 35.5. The minimum absolute atomic E-state index is 0.161. The molecule has 4 heteroatoms. The minimum atomic E-state index is -0.188. The predicted octanol–water partition coefficient (Wildman–Crippen LogP) is 1.57. The highest BCUT2D eigenvalue weighted by Crippen LogP contribution is 2.35. The van der Waals surface area contributed by atoms with E-state index in [0.717, 1.165) is 18.5 Å². The van der Waals surface area contributed by atoms with Gasteiger partial charge < -0.3 is 15.5 Å². The molecule has 0 amide bonds. The average molecular weight is 214 g/mol. The number of hydrogen-bond donors (Lipinski definition) is 3. The van der Waals surface area contributed by atoms with Crippen molar-refractivity contribution >= 4 is 11.6 Å². The number of hydrogen-bond acceptors (Lipinski definition) is 3. The van der Waals surface area contributed by atoms with Crippen LogP contribution in [-0.2, 0) is 6.61 Å². The molecule has 0 aliphatic carbocycles. The van der Waals surface area contributed by atoms with E-state index in [1.165, 1.54) is 0 Å². The van der Waals surface area contributed by atoms with Gasteiger partial charge in [0.15, 0.2) is 0 Å². The average Bonchev–Trinajstić information content (AvgIpc) is 2.07. The van der Waals surface area contributed by atoms with Crippen LogP contribution in [-0.4, -0.2) is 16.8 Å². The molecule has 3 N–H and O–H groups in total. The molecule has 0 spiro atoms. The van der Waals surface area contributed by atoms with E-state index < -0.39 is 0 Å². The summed E-state index contributed by atoms with van der Waals surface area (Å²) >= 11 is 5.88. The summed E-state index contributed by atoms with van der Waals surface area (Å²) in [4.78, 5) is 0. The second-order valence-electron chi connectivity index (χ2n) is 3.46. The Bertz CT molecular complexity index is 350. The van der Waals surface area contributed by atoms with Crippen molar-refractivity contribution in [3.63, 3.8) is 0 Å². The molecule has 14 heavy (non-hydrogen) atoms. The molecular formula is C10H12ClNO2. The third-order valence-corrected chi connectivity index (χ3v) is 2.77. The molecule has 1 heterocycles. The number of aliphatic hydroxyl groups is 1. The Labute approximate surface area is 87.3 Å². The quantitative estimate of drug-likeness (QED) is 0.699. The molecule has 0 unspecified atom stereocenters. The monoisotopic (exact) mass is 213 g/mol. The lowest BCUT2D eigenvalue weighted by atomic mass is 9.95. The second-order valence-corrected chi connectivity index (χ2v) is 3.89. The number of benzene rings is 1. The Morgan fingerprint density at radius 3 is 2.71 bits per heavy atom. The van der Waals surface area contributed by atoms with E-state index in [9.17, 15) is 5.11 Å². The Morgan fingerprint density at radius 1 is 1.50 bits per heavy atom. The number of rotatable bonds is 2. The number of nitrogens with one attached hydrogen (secondary N) is 1. The summed E-state index contributed by atoms with van der Waals surface area (Å²) in [7, 11) is 0. The fourth-order valence-electron chi connectivity index (χ4n) is 1.62. The van der Waals surface area contributed by atoms with Gasteiger partial charge in [0, 0.05) is 22.2 Å². The van der Waals surface area contributed by atoms with Gasteiger partial charge in [-0.15, -0.1) is 0 Å². The molecule has 0 saturated carbocycles. The van der Waals surface area contributed by atoms with Gasteiger partial charge in [0.25, 0.3) is 0 Å². The van der Waals surface area contributed by atoms with Gasteiger partial charge in [0.2, 0.25) is 0 Å². The first-order chi connectivity index (χ1) is 6.72. The van der Waals surface area contributed by atoms with Gasteiger partial charge >= 0.3 is 0 Å². The van der Waals surface area contributed by atoms with Crippen molar-refractivity contribution in [2.45, 2.75) is 19.1 Å². The molecule has 3 nitrogen and oxygen atoms in total. The SMILES string of the molecule is OCc1cc(Cl)cc([C@@H]2CCN2)c1O. The third-order valence-electron chi connectivity index (χ3n) is 2.55. The van der Waals surface area contributed by atoms with Crippen LogP contribution in [0.3, 0.4) is 0 Å². The van der Waals surface area contributed by atoms with E-state index in [0.29, 0.717) is 10.6 Å². The Morgan fingerprint density at radius 2 is 2.21 bits per heavy atom. The maximum Gasteiger partial charge on any atom is 0.125 e. The van der Waals surface area contributed by atoms with Crippen molar-refractivity contribution in [1.82, 2.24) is 5.32 Å². The molecule has 0 radical (unpaired) electrons. The zero-order valence-corrected chi connectivity index (χ0v) is 8.38. The van der Waals surface area contributed by atoms with Crippen LogP contribution in [0.4, 0.5) is 0 Å². The van der Waals surface area contributed by atoms with Gasteiger partial charge in [0.05, 0.1) is 6.61 Å². The zero-order valence-electron chi connectivity index (χ0n) is 7.63. The largest absolute Gasteiger partial charge is 0.507 e. The highest BCUT2D eigenvalue weighted by molar-refractivity contribution is 6.30. The third kappa shape index (κ3) is 1.59. The number of phenols is 1. The zero-order chi connectivity index (χ0) is 10.1. The van der Waals surface area contributed by atoms with Gasteiger partial charge in [-0.25, -0.2) is 0 Å². The minimum Gasteiger partial charge on any atom is -0.507 e. The van der Waals surface area contributed by atoms with Crippen LogP contribution in [0.15, 0.2) is 12.1 Å². The van der Waals surface area contributed by atoms with Crippen molar-refractivity contribution in [3.05, 3.63) is 28.3 Å². The summed E-state index contributed by atoms with van der Waals surface area (Å²) < 4.78 is 0. The first-order valence-corrected chi connectivity index (χ1v) is 4.95. The van der Waals surface area contributed by atoms with E-state index >= 15 is 0 Å². The standard InChI is InChI=1S/C10H12ClNO2/c11-7-3-6(5-13)10(14)8(4-7)9-1-2-12-9/h3-4,9,12-14H,1-2,5H2/t9-/m0/s1. The molecule has 1 aliphatic heterocycles. The van der Waals surface area contributed by atoms with Crippen molar-refractivity contribution in [2.75, 3.05) is 6.54 Å². The maximum absolute atomic E-state index is 9.79. The van der Waals surface area contributed by atoms with Crippen LogP contribution in [0.5, 0.6) is 5.75 Å².